The second-order valence-electron chi connectivity index (χ2n) is 20.1. The minimum Gasteiger partial charge on any atom is -0.477 e. The van der Waals surface area contributed by atoms with Crippen LogP contribution in [0.15, 0.2) is 12.2 Å². The van der Waals surface area contributed by atoms with Gasteiger partial charge >= 0.3 is 5.97 Å². The van der Waals surface area contributed by atoms with E-state index in [-0.39, 0.29) is 12.3 Å². The van der Waals surface area contributed by atoms with Crippen LogP contribution < -0.4 is 10.6 Å². The zero-order chi connectivity index (χ0) is 54.8. The van der Waals surface area contributed by atoms with Gasteiger partial charge in [-0.05, 0) is 19.3 Å². The molecule has 23 nitrogen and oxygen atoms in total. The molecular formula is C51H92N2O21. The first-order valence-electron chi connectivity index (χ1n) is 27.1. The van der Waals surface area contributed by atoms with Crippen LogP contribution in [0, 0.1) is 0 Å². The van der Waals surface area contributed by atoms with Crippen molar-refractivity contribution in [3.8, 4) is 0 Å². The Morgan fingerprint density at radius 2 is 1.26 bits per heavy atom. The van der Waals surface area contributed by atoms with Crippen LogP contribution in [0.25, 0.3) is 0 Å². The van der Waals surface area contributed by atoms with Crippen LogP contribution in [0.2, 0.25) is 0 Å². The summed E-state index contributed by atoms with van der Waals surface area (Å²) in [5, 5.41) is 135. The average molecular weight is 1070 g/mol. The fourth-order valence-electron chi connectivity index (χ4n) is 9.53. The van der Waals surface area contributed by atoms with Crippen LogP contribution >= 0.6 is 0 Å². The number of aliphatic hydroxyl groups is 11. The van der Waals surface area contributed by atoms with Gasteiger partial charge in [0.2, 0.25) is 11.8 Å². The van der Waals surface area contributed by atoms with Gasteiger partial charge in [0.05, 0.1) is 50.7 Å². The van der Waals surface area contributed by atoms with Crippen LogP contribution in [-0.2, 0) is 42.8 Å². The van der Waals surface area contributed by atoms with Gasteiger partial charge in [0.1, 0.15) is 67.1 Å². The number of ether oxygens (including phenoxy) is 6. The summed E-state index contributed by atoms with van der Waals surface area (Å²) in [7, 11) is 0. The molecule has 432 valence electrons. The lowest BCUT2D eigenvalue weighted by Gasteiger charge is -2.50. The number of carboxylic acid groups (broad SMARTS) is 1. The van der Waals surface area contributed by atoms with Gasteiger partial charge in [0.25, 0.3) is 5.79 Å². The molecule has 3 aliphatic heterocycles. The average Bonchev–Trinajstić information content (AvgIpc) is 3.37. The minimum atomic E-state index is -3.08. The topological polar surface area (TPSA) is 373 Å². The molecule has 18 unspecified atom stereocenters. The summed E-state index contributed by atoms with van der Waals surface area (Å²) in [6, 6.07) is -2.61. The zero-order valence-corrected chi connectivity index (χ0v) is 43.7. The molecule has 0 saturated carbocycles. The molecule has 14 N–H and O–H groups in total. The van der Waals surface area contributed by atoms with E-state index in [9.17, 15) is 75.7 Å². The first-order chi connectivity index (χ1) is 35.4. The molecule has 3 heterocycles. The van der Waals surface area contributed by atoms with Crippen molar-refractivity contribution < 1.29 is 104 Å². The van der Waals surface area contributed by atoms with Crippen LogP contribution in [-0.4, -0.2) is 215 Å². The summed E-state index contributed by atoms with van der Waals surface area (Å²) in [6.07, 6.45) is -5.25. The summed E-state index contributed by atoms with van der Waals surface area (Å²) in [5.41, 5.74) is 0. The third kappa shape index (κ3) is 20.7. The Balaban J connectivity index is 1.73. The second-order valence-corrected chi connectivity index (χ2v) is 20.1. The summed E-state index contributed by atoms with van der Waals surface area (Å²) in [5.74, 6) is -6.15. The largest absolute Gasteiger partial charge is 0.477 e. The molecule has 3 rings (SSSR count). The number of nitrogens with one attached hydrogen (secondary N) is 2. The van der Waals surface area contributed by atoms with E-state index < -0.39 is 155 Å². The molecule has 0 aromatic carbocycles. The highest BCUT2D eigenvalue weighted by atomic mass is 16.8. The molecule has 0 bridgehead atoms. The quantitative estimate of drug-likeness (QED) is 0.0289. The molecule has 0 aromatic heterocycles. The highest BCUT2D eigenvalue weighted by Gasteiger charge is 2.60. The number of hydrogen-bond acceptors (Lipinski definition) is 20. The Hall–Kier alpha value is -2.53. The molecule has 18 atom stereocenters. The van der Waals surface area contributed by atoms with Crippen LogP contribution in [0.1, 0.15) is 156 Å². The van der Waals surface area contributed by atoms with Gasteiger partial charge in [0, 0.05) is 19.8 Å². The molecule has 3 saturated heterocycles. The Bertz CT molecular complexity index is 1600. The fourth-order valence-corrected chi connectivity index (χ4v) is 9.53. The molecular weight excluding hydrogens is 977 g/mol. The fraction of sp³-hybridized carbons (Fsp3) is 0.902. The van der Waals surface area contributed by atoms with E-state index in [1.54, 1.807) is 6.08 Å². The van der Waals surface area contributed by atoms with Crippen molar-refractivity contribution in [1.82, 2.24) is 10.6 Å². The number of carbonyl (C=O) groups is 3. The summed E-state index contributed by atoms with van der Waals surface area (Å²) in [4.78, 5) is 38.2. The van der Waals surface area contributed by atoms with E-state index in [0.29, 0.717) is 12.8 Å². The van der Waals surface area contributed by atoms with Gasteiger partial charge in [-0.3, -0.25) is 9.59 Å². The van der Waals surface area contributed by atoms with Crippen molar-refractivity contribution in [2.24, 2.45) is 0 Å². The maximum absolute atomic E-state index is 13.2. The predicted molar refractivity (Wildman–Crippen MR) is 265 cm³/mol. The number of hydrogen-bond donors (Lipinski definition) is 14. The first-order valence-corrected chi connectivity index (χ1v) is 27.1. The molecule has 0 radical (unpaired) electrons. The molecule has 0 aromatic rings. The van der Waals surface area contributed by atoms with Gasteiger partial charge in [-0.2, -0.15) is 0 Å². The highest BCUT2D eigenvalue weighted by molar-refractivity contribution is 5.77. The maximum Gasteiger partial charge on any atom is 0.364 e. The van der Waals surface area contributed by atoms with Crippen molar-refractivity contribution in [2.75, 3.05) is 26.4 Å². The van der Waals surface area contributed by atoms with Gasteiger partial charge in [-0.25, -0.2) is 4.79 Å². The molecule has 2 amide bonds. The summed E-state index contributed by atoms with van der Waals surface area (Å²) in [6.45, 7) is 2.01. The van der Waals surface area contributed by atoms with Crippen molar-refractivity contribution in [1.29, 1.82) is 0 Å². The number of amides is 2. The summed E-state index contributed by atoms with van der Waals surface area (Å²) >= 11 is 0. The summed E-state index contributed by atoms with van der Waals surface area (Å²) < 4.78 is 34.5. The number of carboxylic acids is 1. The van der Waals surface area contributed by atoms with E-state index >= 15 is 0 Å². The highest BCUT2D eigenvalue weighted by Crippen LogP contribution is 2.38. The van der Waals surface area contributed by atoms with Gasteiger partial charge in [0.15, 0.2) is 12.6 Å². The Kier molecular flexibility index (Phi) is 31.2. The predicted octanol–water partition coefficient (Wildman–Crippen LogP) is 0.0446. The minimum absolute atomic E-state index is 0.202. The van der Waals surface area contributed by atoms with Crippen molar-refractivity contribution in [2.45, 2.75) is 265 Å². The number of aliphatic hydroxyl groups excluding tert-OH is 11. The monoisotopic (exact) mass is 1070 g/mol. The Morgan fingerprint density at radius 3 is 1.80 bits per heavy atom. The molecule has 3 aliphatic rings. The number of rotatable bonds is 37. The van der Waals surface area contributed by atoms with E-state index in [2.05, 4.69) is 24.5 Å². The molecule has 0 aliphatic carbocycles. The normalized spacial score (nSPS) is 32.2. The Morgan fingerprint density at radius 1 is 0.703 bits per heavy atom. The molecule has 23 heteroatoms. The van der Waals surface area contributed by atoms with E-state index in [1.165, 1.54) is 64.2 Å². The number of aliphatic carboxylic acids is 1. The first kappa shape index (κ1) is 65.8. The van der Waals surface area contributed by atoms with Crippen LogP contribution in [0.3, 0.4) is 0 Å². The van der Waals surface area contributed by atoms with Crippen LogP contribution in [0.5, 0.6) is 0 Å². The smallest absolute Gasteiger partial charge is 0.364 e. The van der Waals surface area contributed by atoms with Crippen molar-refractivity contribution >= 4 is 17.8 Å². The molecule has 0 spiro atoms. The standard InChI is InChI=1S/C51H92N2O21/c1-4-6-8-10-12-14-16-18-20-22-24-33(58)32(53-38(61)25-23-21-19-17-15-13-11-9-7-5-2)30-69-48-43(65)42(64)45(37(29-56)71-48)72-49-44(66)47(41(63)36(28-55)70-49)74-51(50(67)68)26-34(59)39(52-31(3)57)46(73-51)40(62)35(60)27-54/h22,24,32-37,39-49,54-56,58-60,62-66H,4-21,23,25-30H2,1-3H3,(H,52,57)(H,53,61)(H,67,68)/b24-22+. The molecule has 3 fully saturated rings. The zero-order valence-electron chi connectivity index (χ0n) is 43.7. The lowest BCUT2D eigenvalue weighted by atomic mass is 9.88. The van der Waals surface area contributed by atoms with Gasteiger partial charge in [-0.15, -0.1) is 0 Å². The third-order valence-electron chi connectivity index (χ3n) is 14.0. The SMILES string of the molecule is CCCCCCCCCC/C=C/C(O)C(COC1OC(CO)C(OC2OC(CO)C(O)C(OC3(C(=O)O)CC(O)C(NC(C)=O)C(C(O)C(O)CO)O3)C2O)C(O)C1O)NC(=O)CCCCCCCCCCCC. The maximum atomic E-state index is 13.2. The lowest BCUT2D eigenvalue weighted by molar-refractivity contribution is -0.386. The lowest BCUT2D eigenvalue weighted by Crippen LogP contribution is -2.70. The number of unbranched alkanes of at least 4 members (excludes halogenated alkanes) is 17. The van der Waals surface area contributed by atoms with Gasteiger partial charge in [-0.1, -0.05) is 129 Å². The van der Waals surface area contributed by atoms with Gasteiger partial charge < -0.3 is 100 Å². The van der Waals surface area contributed by atoms with E-state index in [1.807, 2.05) is 6.08 Å². The van der Waals surface area contributed by atoms with Crippen LogP contribution in [0.4, 0.5) is 0 Å². The molecule has 74 heavy (non-hydrogen) atoms. The second kappa shape index (κ2) is 35.1. The van der Waals surface area contributed by atoms with E-state index in [0.717, 1.165) is 51.9 Å². The number of allylic oxidation sites excluding steroid dienone is 1. The van der Waals surface area contributed by atoms with E-state index in [4.69, 9.17) is 28.4 Å². The third-order valence-corrected chi connectivity index (χ3v) is 14.0. The Labute approximate surface area is 435 Å². The van der Waals surface area contributed by atoms with Crippen molar-refractivity contribution in [3.05, 3.63) is 12.2 Å². The number of carbonyl (C=O) groups excluding carboxylic acids is 2. The van der Waals surface area contributed by atoms with Crippen molar-refractivity contribution in [3.63, 3.8) is 0 Å².